The zero-order chi connectivity index (χ0) is 13.5. The molecule has 0 saturated carbocycles. The number of nitrogens with one attached hydrogen (secondary N) is 1. The Labute approximate surface area is 124 Å². The summed E-state index contributed by atoms with van der Waals surface area (Å²) in [5, 5.41) is 3.46. The van der Waals surface area contributed by atoms with Crippen LogP contribution in [0.2, 0.25) is 0 Å². The highest BCUT2D eigenvalue weighted by molar-refractivity contribution is 9.10. The molecule has 0 atom stereocenters. The lowest BCUT2D eigenvalue weighted by Crippen LogP contribution is -2.55. The average Bonchev–Trinajstić information content (AvgIpc) is 2.73. The molecular formula is C16H22BrNO. The van der Waals surface area contributed by atoms with Crippen LogP contribution in [0.15, 0.2) is 16.6 Å². The molecule has 3 rings (SSSR count). The number of halogens is 1. The van der Waals surface area contributed by atoms with E-state index in [2.05, 4.69) is 47.2 Å². The summed E-state index contributed by atoms with van der Waals surface area (Å²) in [5.41, 5.74) is 3.20. The highest BCUT2D eigenvalue weighted by atomic mass is 79.9. The van der Waals surface area contributed by atoms with E-state index in [1.807, 2.05) is 0 Å². The normalized spacial score (nSPS) is 20.0. The summed E-state index contributed by atoms with van der Waals surface area (Å²) in [6.45, 7) is 7.77. The smallest absolute Gasteiger partial charge is 0.125 e. The first-order chi connectivity index (χ1) is 9.08. The molecular weight excluding hydrogens is 302 g/mol. The van der Waals surface area contributed by atoms with E-state index in [1.165, 1.54) is 27.8 Å². The minimum Gasteiger partial charge on any atom is -0.493 e. The van der Waals surface area contributed by atoms with E-state index in [-0.39, 0.29) is 0 Å². The van der Waals surface area contributed by atoms with Crippen molar-refractivity contribution in [2.45, 2.75) is 33.1 Å². The maximum absolute atomic E-state index is 5.86. The first-order valence-corrected chi connectivity index (χ1v) is 8.02. The van der Waals surface area contributed by atoms with Crippen molar-refractivity contribution >= 4 is 15.9 Å². The van der Waals surface area contributed by atoms with Gasteiger partial charge in [-0.05, 0) is 47.4 Å². The van der Waals surface area contributed by atoms with Crippen LogP contribution in [0.5, 0.6) is 5.75 Å². The molecule has 1 fully saturated rings. The molecule has 1 N–H and O–H groups in total. The highest BCUT2D eigenvalue weighted by Gasteiger charge is 2.38. The first kappa shape index (κ1) is 13.4. The van der Waals surface area contributed by atoms with E-state index >= 15 is 0 Å². The van der Waals surface area contributed by atoms with E-state index in [9.17, 15) is 0 Å². The second kappa shape index (κ2) is 5.10. The number of benzene rings is 1. The third-order valence-electron chi connectivity index (χ3n) is 4.23. The number of fused-ring (bicyclic) bond motifs is 1. The minimum atomic E-state index is 0.439. The number of hydrogen-bond donors (Lipinski definition) is 1. The molecule has 0 amide bonds. The fourth-order valence-electron chi connectivity index (χ4n) is 3.57. The van der Waals surface area contributed by atoms with Gasteiger partial charge in [-0.15, -0.1) is 0 Å². The Morgan fingerprint density at radius 2 is 2.16 bits per heavy atom. The molecule has 2 aliphatic rings. The molecule has 0 unspecified atom stereocenters. The summed E-state index contributed by atoms with van der Waals surface area (Å²) in [6.07, 6.45) is 3.48. The van der Waals surface area contributed by atoms with Gasteiger partial charge in [-0.3, -0.25) is 0 Å². The van der Waals surface area contributed by atoms with Crippen LogP contribution < -0.4 is 10.1 Å². The molecule has 1 saturated heterocycles. The van der Waals surface area contributed by atoms with Crippen molar-refractivity contribution in [3.8, 4) is 5.75 Å². The fraction of sp³-hybridized carbons (Fsp3) is 0.625. The predicted octanol–water partition coefficient (Wildman–Crippen LogP) is 3.56. The van der Waals surface area contributed by atoms with Crippen molar-refractivity contribution in [1.82, 2.24) is 5.32 Å². The fourth-order valence-corrected chi connectivity index (χ4v) is 4.12. The van der Waals surface area contributed by atoms with Gasteiger partial charge in [0.25, 0.3) is 0 Å². The molecule has 0 spiro atoms. The molecule has 2 aliphatic heterocycles. The Morgan fingerprint density at radius 3 is 2.79 bits per heavy atom. The zero-order valence-electron chi connectivity index (χ0n) is 11.8. The van der Waals surface area contributed by atoms with E-state index in [0.29, 0.717) is 5.41 Å². The number of hydrogen-bond acceptors (Lipinski definition) is 2. The SMILES string of the molecule is CC(C)CC1(Cc2cc(Br)cc3c2OCC3)CNC1. The van der Waals surface area contributed by atoms with Crippen LogP contribution in [0.25, 0.3) is 0 Å². The second-order valence-corrected chi connectivity index (χ2v) is 7.45. The van der Waals surface area contributed by atoms with Crippen molar-refractivity contribution in [3.63, 3.8) is 0 Å². The van der Waals surface area contributed by atoms with Crippen molar-refractivity contribution < 1.29 is 4.74 Å². The molecule has 1 aromatic rings. The third kappa shape index (κ3) is 2.68. The molecule has 0 aromatic heterocycles. The first-order valence-electron chi connectivity index (χ1n) is 7.23. The largest absolute Gasteiger partial charge is 0.493 e. The van der Waals surface area contributed by atoms with Crippen molar-refractivity contribution in [2.24, 2.45) is 11.3 Å². The zero-order valence-corrected chi connectivity index (χ0v) is 13.3. The van der Waals surface area contributed by atoms with Crippen LogP contribution in [0.3, 0.4) is 0 Å². The van der Waals surface area contributed by atoms with Crippen molar-refractivity contribution in [3.05, 3.63) is 27.7 Å². The average molecular weight is 324 g/mol. The Kier molecular flexibility index (Phi) is 3.61. The summed E-state index contributed by atoms with van der Waals surface area (Å²) in [5.74, 6) is 1.92. The summed E-state index contributed by atoms with van der Waals surface area (Å²) < 4.78 is 7.06. The standard InChI is InChI=1S/C16H22BrNO/c1-11(2)7-16(9-18-10-16)8-13-6-14(17)5-12-3-4-19-15(12)13/h5-6,11,18H,3-4,7-10H2,1-2H3. The molecule has 1 aromatic carbocycles. The lowest BCUT2D eigenvalue weighted by molar-refractivity contribution is 0.130. The maximum atomic E-state index is 5.86. The summed E-state index contributed by atoms with van der Waals surface area (Å²) in [4.78, 5) is 0. The maximum Gasteiger partial charge on any atom is 0.125 e. The van der Waals surface area contributed by atoms with E-state index in [0.717, 1.165) is 38.5 Å². The van der Waals surface area contributed by atoms with Crippen LogP contribution >= 0.6 is 15.9 Å². The van der Waals surface area contributed by atoms with Crippen LogP contribution in [0.1, 0.15) is 31.4 Å². The number of rotatable bonds is 4. The van der Waals surface area contributed by atoms with Crippen LogP contribution in [-0.4, -0.2) is 19.7 Å². The molecule has 104 valence electrons. The van der Waals surface area contributed by atoms with E-state index in [1.54, 1.807) is 0 Å². The van der Waals surface area contributed by atoms with Gasteiger partial charge in [0, 0.05) is 24.0 Å². The summed E-state index contributed by atoms with van der Waals surface area (Å²) in [6, 6.07) is 4.46. The van der Waals surface area contributed by atoms with Crippen LogP contribution in [0, 0.1) is 11.3 Å². The highest BCUT2D eigenvalue weighted by Crippen LogP contribution is 2.40. The van der Waals surface area contributed by atoms with E-state index in [4.69, 9.17) is 4.74 Å². The van der Waals surface area contributed by atoms with Gasteiger partial charge in [-0.25, -0.2) is 0 Å². The molecule has 2 heterocycles. The lowest BCUT2D eigenvalue weighted by Gasteiger charge is -2.44. The quantitative estimate of drug-likeness (QED) is 0.914. The minimum absolute atomic E-state index is 0.439. The summed E-state index contributed by atoms with van der Waals surface area (Å²) >= 11 is 3.64. The van der Waals surface area contributed by atoms with Gasteiger partial charge in [0.2, 0.25) is 0 Å². The molecule has 0 bridgehead atoms. The van der Waals surface area contributed by atoms with Gasteiger partial charge < -0.3 is 10.1 Å². The molecule has 2 nitrogen and oxygen atoms in total. The lowest BCUT2D eigenvalue weighted by atomic mass is 9.71. The molecule has 0 aliphatic carbocycles. The van der Waals surface area contributed by atoms with Gasteiger partial charge >= 0.3 is 0 Å². The Bertz CT molecular complexity index is 480. The van der Waals surface area contributed by atoms with Gasteiger partial charge in [0.15, 0.2) is 0 Å². The Morgan fingerprint density at radius 1 is 1.37 bits per heavy atom. The van der Waals surface area contributed by atoms with Gasteiger partial charge in [0.1, 0.15) is 5.75 Å². The molecule has 3 heteroatoms. The van der Waals surface area contributed by atoms with Crippen molar-refractivity contribution in [1.29, 1.82) is 0 Å². The molecule has 19 heavy (non-hydrogen) atoms. The monoisotopic (exact) mass is 323 g/mol. The summed E-state index contributed by atoms with van der Waals surface area (Å²) in [7, 11) is 0. The topological polar surface area (TPSA) is 21.3 Å². The predicted molar refractivity (Wildman–Crippen MR) is 81.8 cm³/mol. The van der Waals surface area contributed by atoms with Gasteiger partial charge in [0.05, 0.1) is 6.61 Å². The van der Waals surface area contributed by atoms with Gasteiger partial charge in [-0.2, -0.15) is 0 Å². The van der Waals surface area contributed by atoms with Crippen molar-refractivity contribution in [2.75, 3.05) is 19.7 Å². The van der Waals surface area contributed by atoms with Crippen LogP contribution in [0.4, 0.5) is 0 Å². The Balaban J connectivity index is 1.86. The third-order valence-corrected chi connectivity index (χ3v) is 4.69. The second-order valence-electron chi connectivity index (χ2n) is 6.53. The van der Waals surface area contributed by atoms with Gasteiger partial charge in [-0.1, -0.05) is 29.8 Å². The van der Waals surface area contributed by atoms with Crippen LogP contribution in [-0.2, 0) is 12.8 Å². The Hall–Kier alpha value is -0.540. The van der Waals surface area contributed by atoms with E-state index < -0.39 is 0 Å². The molecule has 0 radical (unpaired) electrons. The number of ether oxygens (including phenoxy) is 1.